The Morgan fingerprint density at radius 2 is 1.90 bits per heavy atom. The minimum atomic E-state index is -1.01. The van der Waals surface area contributed by atoms with Crippen LogP contribution in [0, 0.1) is 0 Å². The highest BCUT2D eigenvalue weighted by Crippen LogP contribution is 2.10. The topological polar surface area (TPSA) is 79.3 Å². The average molecular weight is 290 g/mol. The van der Waals surface area contributed by atoms with E-state index in [0.717, 1.165) is 17.1 Å². The Bertz CT molecular complexity index is 620. The number of thiazole rings is 1. The molecule has 6 heteroatoms. The molecule has 0 fully saturated rings. The van der Waals surface area contributed by atoms with Crippen molar-refractivity contribution in [3.8, 4) is 0 Å². The molecule has 1 aromatic heterocycles. The van der Waals surface area contributed by atoms with E-state index in [-0.39, 0.29) is 11.5 Å². The smallest absolute Gasteiger partial charge is 0.335 e. The van der Waals surface area contributed by atoms with Gasteiger partial charge in [-0.2, -0.15) is 0 Å². The van der Waals surface area contributed by atoms with E-state index in [0.29, 0.717) is 12.1 Å². The molecule has 1 amide bonds. The summed E-state index contributed by atoms with van der Waals surface area (Å²) in [5.74, 6) is -1.25. The molecule has 0 saturated carbocycles. The molecule has 0 radical (unpaired) electrons. The van der Waals surface area contributed by atoms with Gasteiger partial charge in [0.25, 0.3) is 5.91 Å². The fourth-order valence-electron chi connectivity index (χ4n) is 1.63. The van der Waals surface area contributed by atoms with E-state index in [1.807, 2.05) is 12.3 Å². The number of carboxylic acids is 1. The van der Waals surface area contributed by atoms with Crippen molar-refractivity contribution in [2.75, 3.05) is 0 Å². The number of carboxylic acid groups (broad SMARTS) is 1. The van der Waals surface area contributed by atoms with Gasteiger partial charge >= 0.3 is 5.97 Å². The quantitative estimate of drug-likeness (QED) is 0.885. The number of nitrogens with one attached hydrogen (secondary N) is 1. The molecule has 0 bridgehead atoms. The maximum Gasteiger partial charge on any atom is 0.335 e. The van der Waals surface area contributed by atoms with Gasteiger partial charge in [0.1, 0.15) is 0 Å². The molecule has 5 nitrogen and oxygen atoms in total. The second kappa shape index (κ2) is 6.29. The highest BCUT2D eigenvalue weighted by Gasteiger charge is 2.08. The van der Waals surface area contributed by atoms with Crippen LogP contribution in [0.4, 0.5) is 0 Å². The molecule has 0 spiro atoms. The zero-order chi connectivity index (χ0) is 14.5. The molecule has 1 heterocycles. The van der Waals surface area contributed by atoms with Gasteiger partial charge < -0.3 is 10.4 Å². The molecular formula is C14H14N2O3S. The van der Waals surface area contributed by atoms with Gasteiger partial charge in [-0.3, -0.25) is 4.79 Å². The van der Waals surface area contributed by atoms with Crippen LogP contribution in [0.2, 0.25) is 0 Å². The van der Waals surface area contributed by atoms with Crippen molar-refractivity contribution >= 4 is 23.2 Å². The largest absolute Gasteiger partial charge is 0.478 e. The Kier molecular flexibility index (Phi) is 4.47. The van der Waals surface area contributed by atoms with Crippen molar-refractivity contribution in [3.63, 3.8) is 0 Å². The Balaban J connectivity index is 1.96. The lowest BCUT2D eigenvalue weighted by Gasteiger charge is -2.03. The van der Waals surface area contributed by atoms with Crippen LogP contribution in [0.3, 0.4) is 0 Å². The Labute approximate surface area is 120 Å². The summed E-state index contributed by atoms with van der Waals surface area (Å²) in [6.07, 6.45) is 0.884. The number of aryl methyl sites for hydroxylation is 1. The molecule has 0 saturated heterocycles. The van der Waals surface area contributed by atoms with Crippen LogP contribution in [0.1, 0.15) is 38.3 Å². The van der Waals surface area contributed by atoms with E-state index in [2.05, 4.69) is 10.3 Å². The van der Waals surface area contributed by atoms with Gasteiger partial charge in [0.2, 0.25) is 0 Å². The van der Waals surface area contributed by atoms with Crippen LogP contribution in [-0.2, 0) is 13.0 Å². The summed E-state index contributed by atoms with van der Waals surface area (Å²) >= 11 is 1.57. The first-order chi connectivity index (χ1) is 9.60. The summed E-state index contributed by atoms with van der Waals surface area (Å²) in [5, 5.41) is 14.5. The summed E-state index contributed by atoms with van der Waals surface area (Å²) in [6, 6.07) is 5.82. The second-order valence-corrected chi connectivity index (χ2v) is 5.09. The molecule has 0 unspecified atom stereocenters. The molecule has 2 rings (SSSR count). The van der Waals surface area contributed by atoms with Gasteiger partial charge in [0.15, 0.2) is 0 Å². The number of aromatic carboxylic acids is 1. The third kappa shape index (κ3) is 3.42. The van der Waals surface area contributed by atoms with Crippen molar-refractivity contribution in [2.45, 2.75) is 19.9 Å². The predicted octanol–water partition coefficient (Wildman–Crippen LogP) is 2.33. The van der Waals surface area contributed by atoms with Gasteiger partial charge in [-0.25, -0.2) is 9.78 Å². The van der Waals surface area contributed by atoms with E-state index in [1.165, 1.54) is 24.3 Å². The van der Waals surface area contributed by atoms with Gasteiger partial charge in [-0.1, -0.05) is 6.92 Å². The molecule has 2 aromatic rings. The Hall–Kier alpha value is -2.21. The van der Waals surface area contributed by atoms with E-state index < -0.39 is 5.97 Å². The third-order valence-electron chi connectivity index (χ3n) is 2.73. The standard InChI is InChI=1S/C14H14N2O3S/c1-2-12-16-11(8-20-12)7-15-13(17)9-3-5-10(6-4-9)14(18)19/h3-6,8H,2,7H2,1H3,(H,15,17)(H,18,19). The summed E-state index contributed by atoms with van der Waals surface area (Å²) < 4.78 is 0. The Morgan fingerprint density at radius 3 is 2.45 bits per heavy atom. The monoisotopic (exact) mass is 290 g/mol. The molecule has 104 valence electrons. The summed E-state index contributed by atoms with van der Waals surface area (Å²) in [7, 11) is 0. The summed E-state index contributed by atoms with van der Waals surface area (Å²) in [4.78, 5) is 27.0. The predicted molar refractivity (Wildman–Crippen MR) is 76.1 cm³/mol. The van der Waals surface area contributed by atoms with Crippen LogP contribution in [0.15, 0.2) is 29.6 Å². The number of nitrogens with zero attached hydrogens (tertiary/aromatic N) is 1. The SMILES string of the molecule is CCc1nc(CNC(=O)c2ccc(C(=O)O)cc2)cs1. The third-order valence-corrected chi connectivity index (χ3v) is 3.77. The van der Waals surface area contributed by atoms with Crippen LogP contribution in [-0.4, -0.2) is 22.0 Å². The molecule has 20 heavy (non-hydrogen) atoms. The molecule has 0 aliphatic rings. The van der Waals surface area contributed by atoms with Gasteiger partial charge in [-0.15, -0.1) is 11.3 Å². The first-order valence-corrected chi connectivity index (χ1v) is 7.03. The second-order valence-electron chi connectivity index (χ2n) is 4.15. The van der Waals surface area contributed by atoms with Crippen LogP contribution < -0.4 is 5.32 Å². The normalized spacial score (nSPS) is 10.2. The fraction of sp³-hybridized carbons (Fsp3) is 0.214. The number of hydrogen-bond acceptors (Lipinski definition) is 4. The first kappa shape index (κ1) is 14.2. The number of benzene rings is 1. The van der Waals surface area contributed by atoms with Crippen LogP contribution in [0.5, 0.6) is 0 Å². The fourth-order valence-corrected chi connectivity index (χ4v) is 2.37. The molecule has 0 aliphatic carbocycles. The minimum absolute atomic E-state index is 0.161. The minimum Gasteiger partial charge on any atom is -0.478 e. The van der Waals surface area contributed by atoms with Crippen LogP contribution >= 0.6 is 11.3 Å². The lowest BCUT2D eigenvalue weighted by atomic mass is 10.1. The first-order valence-electron chi connectivity index (χ1n) is 6.15. The molecule has 1 aromatic carbocycles. The lowest BCUT2D eigenvalue weighted by Crippen LogP contribution is -2.23. The average Bonchev–Trinajstić information content (AvgIpc) is 2.93. The maximum absolute atomic E-state index is 11.9. The number of hydrogen-bond donors (Lipinski definition) is 2. The number of carbonyl (C=O) groups is 2. The highest BCUT2D eigenvalue weighted by atomic mass is 32.1. The number of carbonyl (C=O) groups excluding carboxylic acids is 1. The van der Waals surface area contributed by atoms with E-state index in [9.17, 15) is 9.59 Å². The van der Waals surface area contributed by atoms with Crippen LogP contribution in [0.25, 0.3) is 0 Å². The molecule has 0 aliphatic heterocycles. The van der Waals surface area contributed by atoms with Gasteiger partial charge in [0.05, 0.1) is 22.8 Å². The maximum atomic E-state index is 11.9. The van der Waals surface area contributed by atoms with Crippen molar-refractivity contribution < 1.29 is 14.7 Å². The lowest BCUT2D eigenvalue weighted by molar-refractivity contribution is 0.0696. The van der Waals surface area contributed by atoms with Gasteiger partial charge in [-0.05, 0) is 30.7 Å². The highest BCUT2D eigenvalue weighted by molar-refractivity contribution is 7.09. The summed E-state index contributed by atoms with van der Waals surface area (Å²) in [5.41, 5.74) is 1.43. The zero-order valence-corrected chi connectivity index (χ0v) is 11.7. The van der Waals surface area contributed by atoms with E-state index in [1.54, 1.807) is 11.3 Å². The van der Waals surface area contributed by atoms with Gasteiger partial charge in [0, 0.05) is 10.9 Å². The number of amides is 1. The van der Waals surface area contributed by atoms with Crippen molar-refractivity contribution in [1.82, 2.24) is 10.3 Å². The zero-order valence-electron chi connectivity index (χ0n) is 10.9. The number of aromatic nitrogens is 1. The molecular weight excluding hydrogens is 276 g/mol. The Morgan fingerprint density at radius 1 is 1.25 bits per heavy atom. The van der Waals surface area contributed by atoms with E-state index >= 15 is 0 Å². The number of rotatable bonds is 5. The van der Waals surface area contributed by atoms with Crippen molar-refractivity contribution in [1.29, 1.82) is 0 Å². The van der Waals surface area contributed by atoms with Crippen molar-refractivity contribution in [3.05, 3.63) is 51.5 Å². The van der Waals surface area contributed by atoms with E-state index in [4.69, 9.17) is 5.11 Å². The van der Waals surface area contributed by atoms with Crippen molar-refractivity contribution in [2.24, 2.45) is 0 Å². The molecule has 0 atom stereocenters. The summed E-state index contributed by atoms with van der Waals surface area (Å²) in [6.45, 7) is 2.40. The molecule has 2 N–H and O–H groups in total.